The fourth-order valence-electron chi connectivity index (χ4n) is 3.01. The minimum atomic E-state index is 0.374. The molecular formula is C11H22N2. The normalized spacial score (nSPS) is 43.8. The highest BCUT2D eigenvalue weighted by atomic mass is 15.2. The molecule has 3 fully saturated rings. The van der Waals surface area contributed by atoms with E-state index in [1.807, 2.05) is 0 Å². The van der Waals surface area contributed by atoms with Gasteiger partial charge in [-0.1, -0.05) is 19.8 Å². The Labute approximate surface area is 81.5 Å². The third kappa shape index (κ3) is 1.75. The molecule has 0 amide bonds. The van der Waals surface area contributed by atoms with E-state index in [0.717, 1.165) is 0 Å². The fourth-order valence-corrected chi connectivity index (χ4v) is 3.01. The number of fused-ring (bicyclic) bond motifs is 3. The summed E-state index contributed by atoms with van der Waals surface area (Å²) in [6, 6.07) is 0. The van der Waals surface area contributed by atoms with E-state index in [2.05, 4.69) is 11.8 Å². The van der Waals surface area contributed by atoms with Gasteiger partial charge in [-0.25, -0.2) is 0 Å². The van der Waals surface area contributed by atoms with E-state index in [9.17, 15) is 0 Å². The summed E-state index contributed by atoms with van der Waals surface area (Å²) in [5, 5.41) is 0. The summed E-state index contributed by atoms with van der Waals surface area (Å²) < 4.78 is 0. The summed E-state index contributed by atoms with van der Waals surface area (Å²) in [5.41, 5.74) is 6.75. The third-order valence-electron chi connectivity index (χ3n) is 4.03. The SMILES string of the molecule is CCCCC12CCN(CC1)C(N)C2. The van der Waals surface area contributed by atoms with E-state index in [-0.39, 0.29) is 0 Å². The van der Waals surface area contributed by atoms with Gasteiger partial charge in [0.2, 0.25) is 0 Å². The maximum Gasteiger partial charge on any atom is 0.0577 e. The average Bonchev–Trinajstić information content (AvgIpc) is 2.16. The average molecular weight is 182 g/mol. The lowest BCUT2D eigenvalue weighted by Gasteiger charge is -2.52. The highest BCUT2D eigenvalue weighted by Gasteiger charge is 2.42. The smallest absolute Gasteiger partial charge is 0.0577 e. The molecule has 3 rings (SSSR count). The second-order valence-corrected chi connectivity index (χ2v) is 4.91. The molecule has 3 saturated heterocycles. The predicted molar refractivity (Wildman–Crippen MR) is 55.4 cm³/mol. The highest BCUT2D eigenvalue weighted by Crippen LogP contribution is 2.45. The van der Waals surface area contributed by atoms with Crippen molar-refractivity contribution in [1.82, 2.24) is 4.90 Å². The van der Waals surface area contributed by atoms with Crippen LogP contribution in [-0.2, 0) is 0 Å². The summed E-state index contributed by atoms with van der Waals surface area (Å²) in [6.45, 7) is 4.80. The molecule has 0 saturated carbocycles. The largest absolute Gasteiger partial charge is 0.316 e. The Balaban J connectivity index is 1.96. The molecule has 2 bridgehead atoms. The molecule has 1 atom stereocenters. The van der Waals surface area contributed by atoms with Crippen LogP contribution >= 0.6 is 0 Å². The van der Waals surface area contributed by atoms with Crippen LogP contribution in [-0.4, -0.2) is 24.2 Å². The number of nitrogens with zero attached hydrogens (tertiary/aromatic N) is 1. The molecule has 0 aromatic rings. The first-order valence-corrected chi connectivity index (χ1v) is 5.75. The quantitative estimate of drug-likeness (QED) is 0.723. The lowest BCUT2D eigenvalue weighted by Crippen LogP contribution is -2.57. The van der Waals surface area contributed by atoms with E-state index in [1.165, 1.54) is 51.6 Å². The van der Waals surface area contributed by atoms with Gasteiger partial charge in [0.15, 0.2) is 0 Å². The zero-order valence-corrected chi connectivity index (χ0v) is 8.76. The molecule has 0 aromatic heterocycles. The Hall–Kier alpha value is -0.0800. The number of hydrogen-bond acceptors (Lipinski definition) is 2. The fraction of sp³-hybridized carbons (Fsp3) is 1.00. The summed E-state index contributed by atoms with van der Waals surface area (Å²) in [7, 11) is 0. The van der Waals surface area contributed by atoms with Gasteiger partial charge in [-0.3, -0.25) is 4.90 Å². The van der Waals surface area contributed by atoms with Gasteiger partial charge in [0.25, 0.3) is 0 Å². The Kier molecular flexibility index (Phi) is 2.61. The van der Waals surface area contributed by atoms with Crippen molar-refractivity contribution in [2.45, 2.75) is 51.6 Å². The Morgan fingerprint density at radius 3 is 2.62 bits per heavy atom. The van der Waals surface area contributed by atoms with Crippen LogP contribution in [0.4, 0.5) is 0 Å². The van der Waals surface area contributed by atoms with Gasteiger partial charge < -0.3 is 5.73 Å². The molecule has 0 aliphatic carbocycles. The van der Waals surface area contributed by atoms with E-state index < -0.39 is 0 Å². The minimum Gasteiger partial charge on any atom is -0.316 e. The Morgan fingerprint density at radius 1 is 1.38 bits per heavy atom. The summed E-state index contributed by atoms with van der Waals surface area (Å²) in [4.78, 5) is 2.45. The molecule has 0 spiro atoms. The molecule has 2 N–H and O–H groups in total. The van der Waals surface area contributed by atoms with Gasteiger partial charge in [0.05, 0.1) is 6.17 Å². The number of nitrogens with two attached hydrogens (primary N) is 1. The number of hydrogen-bond donors (Lipinski definition) is 1. The number of unbranched alkanes of at least 4 members (excludes halogenated alkanes) is 1. The lowest BCUT2D eigenvalue weighted by molar-refractivity contribution is -0.0243. The van der Waals surface area contributed by atoms with Crippen molar-refractivity contribution in [1.29, 1.82) is 0 Å². The van der Waals surface area contributed by atoms with Gasteiger partial charge >= 0.3 is 0 Å². The zero-order valence-electron chi connectivity index (χ0n) is 8.76. The second kappa shape index (κ2) is 3.58. The first kappa shape index (κ1) is 9.47. The molecule has 0 aromatic carbocycles. The maximum absolute atomic E-state index is 6.10. The van der Waals surface area contributed by atoms with Crippen LogP contribution in [0.5, 0.6) is 0 Å². The van der Waals surface area contributed by atoms with Crippen molar-refractivity contribution in [3.05, 3.63) is 0 Å². The van der Waals surface area contributed by atoms with Gasteiger partial charge in [-0.2, -0.15) is 0 Å². The Morgan fingerprint density at radius 2 is 2.08 bits per heavy atom. The van der Waals surface area contributed by atoms with Crippen molar-refractivity contribution < 1.29 is 0 Å². The summed E-state index contributed by atoms with van der Waals surface area (Å²) >= 11 is 0. The van der Waals surface area contributed by atoms with Crippen molar-refractivity contribution in [3.63, 3.8) is 0 Å². The van der Waals surface area contributed by atoms with E-state index >= 15 is 0 Å². The number of piperidine rings is 3. The van der Waals surface area contributed by atoms with Crippen LogP contribution < -0.4 is 5.73 Å². The first-order chi connectivity index (χ1) is 6.26. The van der Waals surface area contributed by atoms with Crippen LogP contribution in [0.15, 0.2) is 0 Å². The zero-order chi connectivity index (χ0) is 9.31. The van der Waals surface area contributed by atoms with Gasteiger partial charge in [0, 0.05) is 13.1 Å². The molecule has 3 heterocycles. The topological polar surface area (TPSA) is 29.3 Å². The molecule has 3 aliphatic heterocycles. The van der Waals surface area contributed by atoms with Crippen molar-refractivity contribution in [3.8, 4) is 0 Å². The summed E-state index contributed by atoms with van der Waals surface area (Å²) in [5.74, 6) is 0. The molecule has 2 nitrogen and oxygen atoms in total. The Bertz CT molecular complexity index is 171. The van der Waals surface area contributed by atoms with E-state index in [0.29, 0.717) is 11.6 Å². The van der Waals surface area contributed by atoms with Crippen LogP contribution in [0.25, 0.3) is 0 Å². The minimum absolute atomic E-state index is 0.374. The predicted octanol–water partition coefficient (Wildman–Crippen LogP) is 1.95. The molecule has 76 valence electrons. The highest BCUT2D eigenvalue weighted by molar-refractivity contribution is 4.95. The third-order valence-corrected chi connectivity index (χ3v) is 4.03. The lowest BCUT2D eigenvalue weighted by atomic mass is 9.68. The first-order valence-electron chi connectivity index (χ1n) is 5.75. The maximum atomic E-state index is 6.10. The molecule has 2 heteroatoms. The molecule has 13 heavy (non-hydrogen) atoms. The van der Waals surface area contributed by atoms with Crippen molar-refractivity contribution >= 4 is 0 Å². The van der Waals surface area contributed by atoms with Gasteiger partial charge in [0.1, 0.15) is 0 Å². The van der Waals surface area contributed by atoms with Crippen LogP contribution in [0.3, 0.4) is 0 Å². The molecule has 1 unspecified atom stereocenters. The van der Waals surface area contributed by atoms with Gasteiger partial charge in [-0.05, 0) is 31.1 Å². The van der Waals surface area contributed by atoms with Gasteiger partial charge in [-0.15, -0.1) is 0 Å². The van der Waals surface area contributed by atoms with E-state index in [1.54, 1.807) is 0 Å². The van der Waals surface area contributed by atoms with Crippen LogP contribution in [0.2, 0.25) is 0 Å². The molecule has 0 radical (unpaired) electrons. The number of rotatable bonds is 3. The molecular weight excluding hydrogens is 160 g/mol. The van der Waals surface area contributed by atoms with Crippen LogP contribution in [0, 0.1) is 5.41 Å². The summed E-state index contributed by atoms with van der Waals surface area (Å²) in [6.07, 6.45) is 8.59. The van der Waals surface area contributed by atoms with E-state index in [4.69, 9.17) is 5.73 Å². The molecule has 3 aliphatic rings. The van der Waals surface area contributed by atoms with Crippen molar-refractivity contribution in [2.24, 2.45) is 11.1 Å². The standard InChI is InChI=1S/C11H22N2/c1-2-3-4-11-5-7-13(8-6-11)10(12)9-11/h10H,2-9,12H2,1H3. The van der Waals surface area contributed by atoms with Crippen LogP contribution in [0.1, 0.15) is 45.4 Å². The second-order valence-electron chi connectivity index (χ2n) is 4.91. The van der Waals surface area contributed by atoms with Crippen molar-refractivity contribution in [2.75, 3.05) is 13.1 Å². The monoisotopic (exact) mass is 182 g/mol.